The molecule has 1 N–H and O–H groups in total. The van der Waals surface area contributed by atoms with Crippen molar-refractivity contribution in [1.29, 1.82) is 0 Å². The molecule has 0 saturated heterocycles. The molecule has 2 atom stereocenters. The molecule has 1 fully saturated rings. The summed E-state index contributed by atoms with van der Waals surface area (Å²) < 4.78 is 11.8. The third kappa shape index (κ3) is 6.59. The van der Waals surface area contributed by atoms with E-state index >= 15 is 0 Å². The first-order valence-corrected chi connectivity index (χ1v) is 12.8. The predicted octanol–water partition coefficient (Wildman–Crippen LogP) is 5.20. The zero-order valence-electron chi connectivity index (χ0n) is 20.8. The maximum Gasteiger partial charge on any atom is 0.119 e. The van der Waals surface area contributed by atoms with Crippen molar-refractivity contribution in [2.75, 3.05) is 40.0 Å². The number of fused-ring (bicyclic) bond motifs is 1. The van der Waals surface area contributed by atoms with Crippen LogP contribution in [0.5, 0.6) is 5.75 Å². The Labute approximate surface area is 200 Å². The first kappa shape index (κ1) is 24.3. The van der Waals surface area contributed by atoms with Gasteiger partial charge in [-0.05, 0) is 78.8 Å². The average Bonchev–Trinajstić information content (AvgIpc) is 3.67. The van der Waals surface area contributed by atoms with Crippen LogP contribution in [-0.2, 0) is 23.1 Å². The Morgan fingerprint density at radius 2 is 1.94 bits per heavy atom. The van der Waals surface area contributed by atoms with E-state index in [2.05, 4.69) is 72.6 Å². The van der Waals surface area contributed by atoms with Crippen LogP contribution in [0.25, 0.3) is 0 Å². The Bertz CT molecular complexity index is 867. The molecule has 0 aromatic heterocycles. The Kier molecular flexibility index (Phi) is 8.45. The average molecular weight is 451 g/mol. The Balaban J connectivity index is 1.39. The van der Waals surface area contributed by atoms with E-state index in [1.165, 1.54) is 42.5 Å². The third-order valence-corrected chi connectivity index (χ3v) is 7.77. The lowest BCUT2D eigenvalue weighted by molar-refractivity contribution is 0.0513. The fourth-order valence-electron chi connectivity index (χ4n) is 5.11. The van der Waals surface area contributed by atoms with Crippen LogP contribution in [0.2, 0.25) is 0 Å². The molecular weight excluding hydrogens is 408 g/mol. The predicted molar refractivity (Wildman–Crippen MR) is 136 cm³/mol. The lowest BCUT2D eigenvalue weighted by Gasteiger charge is -2.41. The van der Waals surface area contributed by atoms with Crippen LogP contribution >= 0.6 is 0 Å². The Morgan fingerprint density at radius 3 is 2.67 bits per heavy atom. The monoisotopic (exact) mass is 450 g/mol. The summed E-state index contributed by atoms with van der Waals surface area (Å²) in [7, 11) is 1.77. The van der Waals surface area contributed by atoms with Gasteiger partial charge in [0.2, 0.25) is 0 Å². The first-order valence-electron chi connectivity index (χ1n) is 12.8. The van der Waals surface area contributed by atoms with E-state index < -0.39 is 0 Å². The molecule has 4 heteroatoms. The topological polar surface area (TPSA) is 33.7 Å². The van der Waals surface area contributed by atoms with Crippen LogP contribution < -0.4 is 10.1 Å². The van der Waals surface area contributed by atoms with Gasteiger partial charge in [-0.1, -0.05) is 50.2 Å². The molecule has 4 rings (SSSR count). The molecule has 1 saturated carbocycles. The van der Waals surface area contributed by atoms with Crippen LogP contribution in [0.3, 0.4) is 0 Å². The first-order chi connectivity index (χ1) is 16.1. The highest BCUT2D eigenvalue weighted by atomic mass is 16.5. The fraction of sp³-hybridized carbons (Fsp3) is 0.586. The molecule has 0 bridgehead atoms. The van der Waals surface area contributed by atoms with Gasteiger partial charge < -0.3 is 14.8 Å². The van der Waals surface area contributed by atoms with Crippen molar-refractivity contribution in [3.63, 3.8) is 0 Å². The fourth-order valence-corrected chi connectivity index (χ4v) is 5.11. The molecule has 0 amide bonds. The second-order valence-corrected chi connectivity index (χ2v) is 10.2. The Hall–Kier alpha value is -1.88. The van der Waals surface area contributed by atoms with Gasteiger partial charge in [0, 0.05) is 25.7 Å². The number of methoxy groups -OCH3 is 1. The summed E-state index contributed by atoms with van der Waals surface area (Å²) >= 11 is 0. The second kappa shape index (κ2) is 11.5. The van der Waals surface area contributed by atoms with Crippen LogP contribution in [0.1, 0.15) is 56.2 Å². The quantitative estimate of drug-likeness (QED) is 0.477. The van der Waals surface area contributed by atoms with Crippen molar-refractivity contribution in [2.45, 2.75) is 64.0 Å². The summed E-state index contributed by atoms with van der Waals surface area (Å²) in [6, 6.07) is 17.7. The van der Waals surface area contributed by atoms with Crippen molar-refractivity contribution >= 4 is 0 Å². The number of rotatable bonds is 11. The van der Waals surface area contributed by atoms with E-state index in [4.69, 9.17) is 9.47 Å². The van der Waals surface area contributed by atoms with Crippen molar-refractivity contribution in [1.82, 2.24) is 10.2 Å². The third-order valence-electron chi connectivity index (χ3n) is 7.77. The summed E-state index contributed by atoms with van der Waals surface area (Å²) in [5.74, 6) is 1.86. The number of hydrogen-bond donors (Lipinski definition) is 1. The van der Waals surface area contributed by atoms with E-state index in [0.717, 1.165) is 57.4 Å². The number of ether oxygens (including phenoxy) is 2. The van der Waals surface area contributed by atoms with Crippen molar-refractivity contribution in [3.8, 4) is 5.75 Å². The summed E-state index contributed by atoms with van der Waals surface area (Å²) in [5, 5.41) is 3.51. The van der Waals surface area contributed by atoms with Gasteiger partial charge in [-0.25, -0.2) is 0 Å². The minimum absolute atomic E-state index is 0.193. The minimum atomic E-state index is 0.193. The smallest absolute Gasteiger partial charge is 0.119 e. The number of hydrogen-bond acceptors (Lipinski definition) is 4. The van der Waals surface area contributed by atoms with Gasteiger partial charge in [0.05, 0.1) is 20.3 Å². The lowest BCUT2D eigenvalue weighted by Crippen LogP contribution is -2.46. The Morgan fingerprint density at radius 1 is 1.12 bits per heavy atom. The van der Waals surface area contributed by atoms with Crippen molar-refractivity contribution in [2.24, 2.45) is 5.92 Å². The van der Waals surface area contributed by atoms with Gasteiger partial charge in [0.1, 0.15) is 5.75 Å². The molecule has 2 aromatic carbocycles. The SMILES string of the molecule is CCC1(C)CCN(CC2CC2)C(COCCNCc2ccccc2)Cc2ccc(OC)cc21. The number of nitrogens with zero attached hydrogens (tertiary/aromatic N) is 1. The molecule has 2 aromatic rings. The summed E-state index contributed by atoms with van der Waals surface area (Å²) in [4.78, 5) is 2.75. The summed E-state index contributed by atoms with van der Waals surface area (Å²) in [6.07, 6.45) is 6.18. The molecule has 180 valence electrons. The van der Waals surface area contributed by atoms with Gasteiger partial charge in [-0.3, -0.25) is 4.90 Å². The van der Waals surface area contributed by atoms with E-state index in [1.807, 2.05) is 0 Å². The number of nitrogens with one attached hydrogen (secondary N) is 1. The van der Waals surface area contributed by atoms with Gasteiger partial charge in [0.25, 0.3) is 0 Å². The largest absolute Gasteiger partial charge is 0.497 e. The van der Waals surface area contributed by atoms with Crippen LogP contribution in [0.15, 0.2) is 48.5 Å². The van der Waals surface area contributed by atoms with Crippen molar-refractivity contribution < 1.29 is 9.47 Å². The second-order valence-electron chi connectivity index (χ2n) is 10.2. The van der Waals surface area contributed by atoms with E-state index in [-0.39, 0.29) is 5.41 Å². The highest BCUT2D eigenvalue weighted by Gasteiger charge is 2.35. The highest BCUT2D eigenvalue weighted by molar-refractivity contribution is 5.41. The molecule has 0 radical (unpaired) electrons. The van der Waals surface area contributed by atoms with Crippen molar-refractivity contribution in [3.05, 3.63) is 65.2 Å². The van der Waals surface area contributed by atoms with E-state index in [0.29, 0.717) is 6.04 Å². The standard InChI is InChI=1S/C29H42N2O2/c1-4-29(2)14-16-31(21-24-10-11-24)26(18-25-12-13-27(32-3)19-28(25)29)22-33-17-15-30-20-23-8-6-5-7-9-23/h5-9,12-13,19,24,26,30H,4,10-11,14-18,20-22H2,1-3H3. The van der Waals surface area contributed by atoms with E-state index in [1.54, 1.807) is 7.11 Å². The number of benzene rings is 2. The summed E-state index contributed by atoms with van der Waals surface area (Å²) in [6.45, 7) is 10.5. The molecule has 1 heterocycles. The molecule has 0 spiro atoms. The van der Waals surface area contributed by atoms with Gasteiger partial charge in [0.15, 0.2) is 0 Å². The molecule has 33 heavy (non-hydrogen) atoms. The van der Waals surface area contributed by atoms with Gasteiger partial charge in [-0.15, -0.1) is 0 Å². The van der Waals surface area contributed by atoms with E-state index in [9.17, 15) is 0 Å². The molecule has 1 aliphatic carbocycles. The molecule has 2 aliphatic rings. The molecule has 1 aliphatic heterocycles. The zero-order chi connectivity index (χ0) is 23.1. The van der Waals surface area contributed by atoms with Gasteiger partial charge in [-0.2, -0.15) is 0 Å². The molecular formula is C29H42N2O2. The maximum absolute atomic E-state index is 6.25. The van der Waals surface area contributed by atoms with Crippen LogP contribution in [0, 0.1) is 5.92 Å². The maximum atomic E-state index is 6.25. The minimum Gasteiger partial charge on any atom is -0.497 e. The molecule has 4 nitrogen and oxygen atoms in total. The highest BCUT2D eigenvalue weighted by Crippen LogP contribution is 2.39. The lowest BCUT2D eigenvalue weighted by atomic mass is 9.73. The summed E-state index contributed by atoms with van der Waals surface area (Å²) in [5.41, 5.74) is 4.46. The molecule has 2 unspecified atom stereocenters. The normalized spacial score (nSPS) is 23.5. The van der Waals surface area contributed by atoms with Crippen LogP contribution in [-0.4, -0.2) is 50.9 Å². The van der Waals surface area contributed by atoms with Gasteiger partial charge >= 0.3 is 0 Å². The zero-order valence-corrected chi connectivity index (χ0v) is 20.8. The van der Waals surface area contributed by atoms with Crippen LogP contribution in [0.4, 0.5) is 0 Å².